The monoisotopic (exact) mass is 441 g/mol. The lowest BCUT2D eigenvalue weighted by Gasteiger charge is -2.21. The topological polar surface area (TPSA) is 68.8 Å². The molecule has 0 bridgehead atoms. The molecule has 1 unspecified atom stereocenters. The molecule has 166 valence electrons. The molecule has 1 atom stereocenters. The van der Waals surface area contributed by atoms with Gasteiger partial charge in [-0.05, 0) is 30.7 Å². The van der Waals surface area contributed by atoms with E-state index in [4.69, 9.17) is 0 Å². The number of nitrogens with one attached hydrogen (secondary N) is 3. The quantitative estimate of drug-likeness (QED) is 0.289. The van der Waals surface area contributed by atoms with Crippen LogP contribution in [0.15, 0.2) is 35.3 Å². The minimum atomic E-state index is -1.68. The Morgan fingerprint density at radius 2 is 1.77 bits per heavy atom. The number of carbonyl (C=O) groups excluding carboxylic acids is 1. The van der Waals surface area contributed by atoms with E-state index in [2.05, 4.69) is 20.9 Å². The third-order valence-electron chi connectivity index (χ3n) is 4.73. The number of nitrogens with zero attached hydrogens (tertiary/aromatic N) is 2. The SMILES string of the molecule is CN=C(NCC(=O)Nc1ccc(F)c(F)c1F)NC1CCN(c2c(F)cccc2F)C1. The standard InChI is InChI=1S/C20H20F5N5O/c1-26-20(27-9-16(31)29-15-6-5-12(21)17(24)18(15)25)28-11-7-8-30(10-11)19-13(22)3-2-4-14(19)23/h2-6,11H,7-10H2,1H3,(H,29,31)(H2,26,27,28). The van der Waals surface area contributed by atoms with Crippen LogP contribution in [0, 0.1) is 29.1 Å². The van der Waals surface area contributed by atoms with Crippen molar-refractivity contribution in [1.82, 2.24) is 10.6 Å². The second-order valence-corrected chi connectivity index (χ2v) is 6.84. The zero-order valence-corrected chi connectivity index (χ0v) is 16.5. The lowest BCUT2D eigenvalue weighted by molar-refractivity contribution is -0.115. The van der Waals surface area contributed by atoms with Crippen molar-refractivity contribution in [1.29, 1.82) is 0 Å². The molecule has 1 amide bonds. The molecule has 1 fully saturated rings. The molecule has 6 nitrogen and oxygen atoms in total. The second kappa shape index (κ2) is 9.63. The molecule has 0 aliphatic carbocycles. The van der Waals surface area contributed by atoms with Crippen LogP contribution in [0.4, 0.5) is 33.3 Å². The maximum Gasteiger partial charge on any atom is 0.243 e. The van der Waals surface area contributed by atoms with Crippen LogP contribution in [0.25, 0.3) is 0 Å². The summed E-state index contributed by atoms with van der Waals surface area (Å²) in [7, 11) is 1.46. The molecule has 0 saturated carbocycles. The van der Waals surface area contributed by atoms with Crippen LogP contribution >= 0.6 is 0 Å². The molecule has 1 saturated heterocycles. The molecule has 3 N–H and O–H groups in total. The van der Waals surface area contributed by atoms with Gasteiger partial charge in [0.05, 0.1) is 12.2 Å². The highest BCUT2D eigenvalue weighted by Gasteiger charge is 2.27. The molecule has 1 aliphatic rings. The van der Waals surface area contributed by atoms with E-state index in [0.717, 1.165) is 6.07 Å². The molecule has 31 heavy (non-hydrogen) atoms. The van der Waals surface area contributed by atoms with Gasteiger partial charge in [0.1, 0.15) is 17.3 Å². The third kappa shape index (κ3) is 5.22. The highest BCUT2D eigenvalue weighted by atomic mass is 19.2. The summed E-state index contributed by atoms with van der Waals surface area (Å²) in [4.78, 5) is 17.5. The van der Waals surface area contributed by atoms with Gasteiger partial charge in [0.15, 0.2) is 23.4 Å². The number of aliphatic imine (C=N–C) groups is 1. The summed E-state index contributed by atoms with van der Waals surface area (Å²) >= 11 is 0. The molecule has 3 rings (SSSR count). The van der Waals surface area contributed by atoms with Gasteiger partial charge in [-0.15, -0.1) is 0 Å². The lowest BCUT2D eigenvalue weighted by Crippen LogP contribution is -2.46. The van der Waals surface area contributed by atoms with Crippen molar-refractivity contribution in [3.05, 3.63) is 59.4 Å². The number of benzene rings is 2. The zero-order valence-electron chi connectivity index (χ0n) is 16.5. The molecule has 0 radical (unpaired) electrons. The molecule has 2 aromatic carbocycles. The Bertz CT molecular complexity index is 980. The number of guanidine groups is 1. The Labute approximate surface area is 175 Å². The number of carbonyl (C=O) groups is 1. The number of amides is 1. The first-order valence-electron chi connectivity index (χ1n) is 9.39. The smallest absolute Gasteiger partial charge is 0.243 e. The number of para-hydroxylation sites is 1. The van der Waals surface area contributed by atoms with E-state index in [-0.39, 0.29) is 24.2 Å². The van der Waals surface area contributed by atoms with Gasteiger partial charge < -0.3 is 20.9 Å². The highest BCUT2D eigenvalue weighted by molar-refractivity contribution is 5.95. The molecule has 0 aromatic heterocycles. The Hall–Kier alpha value is -3.37. The van der Waals surface area contributed by atoms with Crippen LogP contribution < -0.4 is 20.9 Å². The van der Waals surface area contributed by atoms with Crippen molar-refractivity contribution < 1.29 is 26.7 Å². The van der Waals surface area contributed by atoms with Gasteiger partial charge in [-0.25, -0.2) is 22.0 Å². The summed E-state index contributed by atoms with van der Waals surface area (Å²) in [5.41, 5.74) is -0.588. The fourth-order valence-corrected chi connectivity index (χ4v) is 3.24. The second-order valence-electron chi connectivity index (χ2n) is 6.84. The number of hydrogen-bond donors (Lipinski definition) is 3. The van der Waals surface area contributed by atoms with Gasteiger partial charge in [-0.1, -0.05) is 6.07 Å². The Morgan fingerprint density at radius 3 is 2.45 bits per heavy atom. The first kappa shape index (κ1) is 22.3. The summed E-state index contributed by atoms with van der Waals surface area (Å²) in [6.07, 6.45) is 0.570. The normalized spacial score (nSPS) is 16.4. The number of anilines is 2. The molecule has 11 heteroatoms. The van der Waals surface area contributed by atoms with E-state index in [9.17, 15) is 26.7 Å². The van der Waals surface area contributed by atoms with Gasteiger partial charge in [-0.2, -0.15) is 0 Å². The largest absolute Gasteiger partial charge is 0.365 e. The maximum atomic E-state index is 14.0. The van der Waals surface area contributed by atoms with Crippen molar-refractivity contribution >= 4 is 23.2 Å². The zero-order chi connectivity index (χ0) is 22.5. The predicted molar refractivity (Wildman–Crippen MR) is 106 cm³/mol. The summed E-state index contributed by atoms with van der Waals surface area (Å²) in [5, 5.41) is 7.88. The van der Waals surface area contributed by atoms with Crippen molar-refractivity contribution in [2.24, 2.45) is 4.99 Å². The first-order chi connectivity index (χ1) is 14.8. The van der Waals surface area contributed by atoms with Crippen molar-refractivity contribution in [2.75, 3.05) is 36.9 Å². The fraction of sp³-hybridized carbons (Fsp3) is 0.300. The Kier molecular flexibility index (Phi) is 6.93. The molecular weight excluding hydrogens is 421 g/mol. The third-order valence-corrected chi connectivity index (χ3v) is 4.73. The van der Waals surface area contributed by atoms with Gasteiger partial charge in [0.2, 0.25) is 5.91 Å². The van der Waals surface area contributed by atoms with Gasteiger partial charge in [0.25, 0.3) is 0 Å². The minimum absolute atomic E-state index is 0.0947. The summed E-state index contributed by atoms with van der Waals surface area (Å²) in [6.45, 7) is 0.393. The van der Waals surface area contributed by atoms with Crippen molar-refractivity contribution in [2.45, 2.75) is 12.5 Å². The van der Waals surface area contributed by atoms with Crippen LogP contribution in [0.5, 0.6) is 0 Å². The highest BCUT2D eigenvalue weighted by Crippen LogP contribution is 2.26. The minimum Gasteiger partial charge on any atom is -0.365 e. The van der Waals surface area contributed by atoms with E-state index in [1.54, 1.807) is 4.90 Å². The average molecular weight is 441 g/mol. The average Bonchev–Trinajstić information content (AvgIpc) is 3.19. The van der Waals surface area contributed by atoms with Gasteiger partial charge in [0, 0.05) is 26.2 Å². The lowest BCUT2D eigenvalue weighted by atomic mass is 10.2. The molecule has 2 aromatic rings. The Morgan fingerprint density at radius 1 is 1.06 bits per heavy atom. The Balaban J connectivity index is 1.52. The summed E-state index contributed by atoms with van der Waals surface area (Å²) in [5.74, 6) is -6.31. The van der Waals surface area contributed by atoms with E-state index in [1.165, 1.54) is 25.2 Å². The molecular formula is C20H20F5N5O. The van der Waals surface area contributed by atoms with Gasteiger partial charge >= 0.3 is 0 Å². The van der Waals surface area contributed by atoms with Crippen LogP contribution in [0.1, 0.15) is 6.42 Å². The predicted octanol–water partition coefficient (Wildman–Crippen LogP) is 2.76. The van der Waals surface area contributed by atoms with E-state index < -0.39 is 40.7 Å². The summed E-state index contributed by atoms with van der Waals surface area (Å²) < 4.78 is 67.8. The van der Waals surface area contributed by atoms with E-state index >= 15 is 0 Å². The molecule has 1 aliphatic heterocycles. The van der Waals surface area contributed by atoms with Crippen LogP contribution in [0.3, 0.4) is 0 Å². The van der Waals surface area contributed by atoms with Crippen LogP contribution in [0.2, 0.25) is 0 Å². The van der Waals surface area contributed by atoms with Crippen LogP contribution in [-0.2, 0) is 4.79 Å². The number of hydrogen-bond acceptors (Lipinski definition) is 3. The van der Waals surface area contributed by atoms with E-state index in [1.807, 2.05) is 0 Å². The van der Waals surface area contributed by atoms with Crippen LogP contribution in [-0.4, -0.2) is 44.6 Å². The fourth-order valence-electron chi connectivity index (χ4n) is 3.24. The van der Waals surface area contributed by atoms with Crippen molar-refractivity contribution in [3.63, 3.8) is 0 Å². The maximum absolute atomic E-state index is 14.0. The summed E-state index contributed by atoms with van der Waals surface area (Å²) in [6, 6.07) is 5.09. The molecule has 0 spiro atoms. The first-order valence-corrected chi connectivity index (χ1v) is 9.39. The van der Waals surface area contributed by atoms with Gasteiger partial charge in [-0.3, -0.25) is 9.79 Å². The molecule has 1 heterocycles. The van der Waals surface area contributed by atoms with E-state index in [0.29, 0.717) is 25.6 Å². The number of halogens is 5. The van der Waals surface area contributed by atoms with Crippen molar-refractivity contribution in [3.8, 4) is 0 Å². The number of rotatable bonds is 5.